The lowest BCUT2D eigenvalue weighted by Gasteiger charge is -2.32. The Bertz CT molecular complexity index is 274. The zero-order valence-electron chi connectivity index (χ0n) is 11.5. The van der Waals surface area contributed by atoms with Gasteiger partial charge in [0.2, 0.25) is 0 Å². The van der Waals surface area contributed by atoms with Crippen LogP contribution in [0.1, 0.15) is 58.3 Å². The molecule has 2 heterocycles. The lowest BCUT2D eigenvalue weighted by atomic mass is 9.99. The number of hydrogen-bond acceptors (Lipinski definition) is 2. The number of fused-ring (bicyclic) bond motifs is 2. The summed E-state index contributed by atoms with van der Waals surface area (Å²) in [7, 11) is 1.89. The third kappa shape index (κ3) is 2.26. The minimum Gasteiger partial charge on any atom is -0.381 e. The van der Waals surface area contributed by atoms with Crippen molar-refractivity contribution in [2.45, 2.75) is 76.5 Å². The topological polar surface area (TPSA) is 12.5 Å². The molecular formula is C15H27NO. The van der Waals surface area contributed by atoms with Gasteiger partial charge in [-0.25, -0.2) is 0 Å². The summed E-state index contributed by atoms with van der Waals surface area (Å²) >= 11 is 0. The Morgan fingerprint density at radius 3 is 2.47 bits per heavy atom. The Kier molecular flexibility index (Phi) is 3.20. The summed E-state index contributed by atoms with van der Waals surface area (Å²) in [5, 5.41) is 0. The zero-order valence-corrected chi connectivity index (χ0v) is 11.5. The highest BCUT2D eigenvalue weighted by atomic mass is 16.5. The van der Waals surface area contributed by atoms with Crippen LogP contribution in [-0.2, 0) is 4.74 Å². The first-order valence-electron chi connectivity index (χ1n) is 7.55. The van der Waals surface area contributed by atoms with Crippen molar-refractivity contribution in [3.63, 3.8) is 0 Å². The Morgan fingerprint density at radius 2 is 1.82 bits per heavy atom. The Morgan fingerprint density at radius 1 is 1.12 bits per heavy atom. The summed E-state index contributed by atoms with van der Waals surface area (Å²) in [5.41, 5.74) is 0.716. The molecule has 98 valence electrons. The largest absolute Gasteiger partial charge is 0.381 e. The smallest absolute Gasteiger partial charge is 0.0586 e. The maximum Gasteiger partial charge on any atom is 0.0586 e. The molecule has 3 fully saturated rings. The predicted octanol–water partition coefficient (Wildman–Crippen LogP) is 3.21. The van der Waals surface area contributed by atoms with Crippen molar-refractivity contribution in [1.29, 1.82) is 0 Å². The van der Waals surface area contributed by atoms with Crippen molar-refractivity contribution in [3.05, 3.63) is 0 Å². The first-order chi connectivity index (χ1) is 8.26. The number of ether oxygens (including phenoxy) is 1. The summed E-state index contributed by atoms with van der Waals surface area (Å²) in [5.74, 6) is 0. The van der Waals surface area contributed by atoms with Gasteiger partial charge in [-0.1, -0.05) is 6.92 Å². The van der Waals surface area contributed by atoms with Gasteiger partial charge in [-0.05, 0) is 56.8 Å². The van der Waals surface area contributed by atoms with E-state index in [1.54, 1.807) is 0 Å². The monoisotopic (exact) mass is 237 g/mol. The average Bonchev–Trinajstić information content (AvgIpc) is 3.03. The molecule has 0 N–H and O–H groups in total. The van der Waals surface area contributed by atoms with Crippen LogP contribution < -0.4 is 0 Å². The fourth-order valence-electron chi connectivity index (χ4n) is 4.04. The van der Waals surface area contributed by atoms with Gasteiger partial charge in [-0.2, -0.15) is 0 Å². The molecule has 3 aliphatic rings. The molecule has 0 aromatic carbocycles. The van der Waals surface area contributed by atoms with Crippen LogP contribution in [0, 0.1) is 5.41 Å². The van der Waals surface area contributed by atoms with E-state index >= 15 is 0 Å². The minimum atomic E-state index is 0.532. The lowest BCUT2D eigenvalue weighted by molar-refractivity contribution is 0.0737. The molecule has 2 nitrogen and oxygen atoms in total. The summed E-state index contributed by atoms with van der Waals surface area (Å²) < 4.78 is 5.62. The van der Waals surface area contributed by atoms with Gasteiger partial charge in [0.15, 0.2) is 0 Å². The second kappa shape index (κ2) is 4.55. The SMILES string of the molecule is CCC1(CN2[C@H]3CC[C@H](OC)C[C@@H]2CC3)CC1. The van der Waals surface area contributed by atoms with Gasteiger partial charge in [0.25, 0.3) is 0 Å². The fourth-order valence-corrected chi connectivity index (χ4v) is 4.04. The molecule has 0 aromatic heterocycles. The maximum atomic E-state index is 5.62. The van der Waals surface area contributed by atoms with Gasteiger partial charge >= 0.3 is 0 Å². The highest BCUT2D eigenvalue weighted by Gasteiger charge is 2.47. The van der Waals surface area contributed by atoms with E-state index in [0.717, 1.165) is 12.1 Å². The third-order valence-electron chi connectivity index (χ3n) is 5.69. The van der Waals surface area contributed by atoms with Gasteiger partial charge in [0.1, 0.15) is 0 Å². The molecular weight excluding hydrogens is 210 g/mol. The van der Waals surface area contributed by atoms with E-state index in [9.17, 15) is 0 Å². The second-order valence-electron chi connectivity index (χ2n) is 6.58. The van der Waals surface area contributed by atoms with Crippen molar-refractivity contribution in [3.8, 4) is 0 Å². The van der Waals surface area contributed by atoms with Crippen molar-refractivity contribution in [1.82, 2.24) is 4.90 Å². The normalized spacial score (nSPS) is 40.2. The van der Waals surface area contributed by atoms with Gasteiger partial charge in [0.05, 0.1) is 6.10 Å². The molecule has 1 saturated carbocycles. The van der Waals surface area contributed by atoms with Crippen LogP contribution in [0.25, 0.3) is 0 Å². The van der Waals surface area contributed by atoms with Crippen LogP contribution in [0.3, 0.4) is 0 Å². The first kappa shape index (κ1) is 12.0. The highest BCUT2D eigenvalue weighted by molar-refractivity contribution is 5.00. The molecule has 3 rings (SSSR count). The van der Waals surface area contributed by atoms with E-state index in [0.29, 0.717) is 11.5 Å². The van der Waals surface area contributed by atoms with Crippen molar-refractivity contribution >= 4 is 0 Å². The average molecular weight is 237 g/mol. The fraction of sp³-hybridized carbons (Fsp3) is 1.00. The van der Waals surface area contributed by atoms with E-state index in [1.165, 1.54) is 57.9 Å². The highest BCUT2D eigenvalue weighted by Crippen LogP contribution is 2.51. The Balaban J connectivity index is 1.67. The molecule has 0 spiro atoms. The van der Waals surface area contributed by atoms with Crippen molar-refractivity contribution in [2.75, 3.05) is 13.7 Å². The molecule has 2 saturated heterocycles. The summed E-state index contributed by atoms with van der Waals surface area (Å²) in [6.45, 7) is 3.76. The zero-order chi connectivity index (χ0) is 11.9. The molecule has 2 heteroatoms. The van der Waals surface area contributed by atoms with E-state index in [4.69, 9.17) is 4.74 Å². The Hall–Kier alpha value is -0.0800. The first-order valence-corrected chi connectivity index (χ1v) is 7.55. The predicted molar refractivity (Wildman–Crippen MR) is 70.1 cm³/mol. The molecule has 17 heavy (non-hydrogen) atoms. The molecule has 0 radical (unpaired) electrons. The van der Waals surface area contributed by atoms with Gasteiger partial charge < -0.3 is 4.74 Å². The molecule has 1 aliphatic carbocycles. The molecule has 2 bridgehead atoms. The third-order valence-corrected chi connectivity index (χ3v) is 5.69. The minimum absolute atomic E-state index is 0.532. The van der Waals surface area contributed by atoms with Crippen LogP contribution >= 0.6 is 0 Å². The van der Waals surface area contributed by atoms with Crippen molar-refractivity contribution in [2.24, 2.45) is 5.41 Å². The van der Waals surface area contributed by atoms with E-state index in [2.05, 4.69) is 11.8 Å². The van der Waals surface area contributed by atoms with Crippen LogP contribution in [-0.4, -0.2) is 36.7 Å². The quantitative estimate of drug-likeness (QED) is 0.744. The van der Waals surface area contributed by atoms with E-state index in [-0.39, 0.29) is 0 Å². The van der Waals surface area contributed by atoms with Gasteiger partial charge in [0, 0.05) is 25.7 Å². The lowest BCUT2D eigenvalue weighted by Crippen LogP contribution is -2.39. The summed E-state index contributed by atoms with van der Waals surface area (Å²) in [6.07, 6.45) is 11.7. The van der Waals surface area contributed by atoms with Crippen LogP contribution in [0.15, 0.2) is 0 Å². The molecule has 0 unspecified atom stereocenters. The van der Waals surface area contributed by atoms with Crippen LogP contribution in [0.5, 0.6) is 0 Å². The number of methoxy groups -OCH3 is 1. The Labute approximate surface area is 106 Å². The van der Waals surface area contributed by atoms with Gasteiger partial charge in [-0.15, -0.1) is 0 Å². The molecule has 0 amide bonds. The van der Waals surface area contributed by atoms with E-state index < -0.39 is 0 Å². The molecule has 2 aliphatic heterocycles. The second-order valence-corrected chi connectivity index (χ2v) is 6.58. The van der Waals surface area contributed by atoms with Gasteiger partial charge in [-0.3, -0.25) is 4.90 Å². The number of nitrogens with zero attached hydrogens (tertiary/aromatic N) is 1. The number of rotatable bonds is 4. The molecule has 3 atom stereocenters. The van der Waals surface area contributed by atoms with Crippen molar-refractivity contribution < 1.29 is 4.74 Å². The standard InChI is InChI=1S/C15H27NO/c1-3-15(8-9-15)11-16-12-4-5-13(16)10-14(17-2)7-6-12/h12-14H,3-11H2,1-2H3/t12-,13+,14+/m1/s1. The maximum absolute atomic E-state index is 5.62. The van der Waals surface area contributed by atoms with E-state index in [1.807, 2.05) is 7.11 Å². The summed E-state index contributed by atoms with van der Waals surface area (Å²) in [6, 6.07) is 1.71. The van der Waals surface area contributed by atoms with Crippen LogP contribution in [0.4, 0.5) is 0 Å². The summed E-state index contributed by atoms with van der Waals surface area (Å²) in [4.78, 5) is 2.87. The number of hydrogen-bond donors (Lipinski definition) is 0. The van der Waals surface area contributed by atoms with Crippen LogP contribution in [0.2, 0.25) is 0 Å². The molecule has 0 aromatic rings.